The third-order valence-electron chi connectivity index (χ3n) is 3.62. The van der Waals surface area contributed by atoms with E-state index in [0.29, 0.717) is 10.6 Å². The second kappa shape index (κ2) is 9.52. The summed E-state index contributed by atoms with van der Waals surface area (Å²) in [6.45, 7) is 1.38. The summed E-state index contributed by atoms with van der Waals surface area (Å²) in [7, 11) is 1.36. The molecular formula is C19H17ClN2O6. The van der Waals surface area contributed by atoms with Crippen LogP contribution in [0, 0.1) is 10.1 Å². The third kappa shape index (κ3) is 5.55. The number of benzene rings is 2. The monoisotopic (exact) mass is 404 g/mol. The number of nitrogens with zero attached hydrogens (tertiary/aromatic N) is 1. The summed E-state index contributed by atoms with van der Waals surface area (Å²) in [5.41, 5.74) is 0.499. The number of rotatable bonds is 7. The second-order valence-electron chi connectivity index (χ2n) is 5.56. The van der Waals surface area contributed by atoms with Gasteiger partial charge in [-0.2, -0.15) is 0 Å². The summed E-state index contributed by atoms with van der Waals surface area (Å²) in [4.78, 5) is 34.5. The van der Waals surface area contributed by atoms with Gasteiger partial charge in [-0.15, -0.1) is 0 Å². The molecule has 1 atom stereocenters. The van der Waals surface area contributed by atoms with Crippen LogP contribution in [-0.2, 0) is 14.3 Å². The Hall–Kier alpha value is -3.39. The van der Waals surface area contributed by atoms with Gasteiger partial charge in [-0.3, -0.25) is 14.9 Å². The Kier molecular flexibility index (Phi) is 7.11. The van der Waals surface area contributed by atoms with Crippen molar-refractivity contribution in [2.45, 2.75) is 13.0 Å². The predicted octanol–water partition coefficient (Wildman–Crippen LogP) is 3.84. The van der Waals surface area contributed by atoms with E-state index in [1.54, 1.807) is 24.3 Å². The molecule has 9 heteroatoms. The van der Waals surface area contributed by atoms with Crippen molar-refractivity contribution in [1.82, 2.24) is 0 Å². The molecule has 0 saturated heterocycles. The largest absolute Gasteiger partial charge is 0.495 e. The number of hydrogen-bond donors (Lipinski definition) is 1. The van der Waals surface area contributed by atoms with Gasteiger partial charge in [0.15, 0.2) is 6.10 Å². The lowest BCUT2D eigenvalue weighted by atomic mass is 10.2. The maximum absolute atomic E-state index is 12.3. The van der Waals surface area contributed by atoms with E-state index in [4.69, 9.17) is 21.1 Å². The van der Waals surface area contributed by atoms with E-state index >= 15 is 0 Å². The van der Waals surface area contributed by atoms with Crippen molar-refractivity contribution in [2.24, 2.45) is 0 Å². The molecule has 0 spiro atoms. The molecule has 1 amide bonds. The van der Waals surface area contributed by atoms with Crippen LogP contribution in [-0.4, -0.2) is 30.0 Å². The minimum Gasteiger partial charge on any atom is -0.495 e. The van der Waals surface area contributed by atoms with Crippen LogP contribution in [0.2, 0.25) is 5.02 Å². The molecule has 2 aromatic carbocycles. The lowest BCUT2D eigenvalue weighted by Crippen LogP contribution is -2.29. The molecule has 2 aromatic rings. The van der Waals surface area contributed by atoms with Crippen molar-refractivity contribution < 1.29 is 24.0 Å². The molecule has 146 valence electrons. The number of non-ortho nitro benzene ring substituents is 1. The predicted molar refractivity (Wildman–Crippen MR) is 104 cm³/mol. The number of anilines is 1. The number of methoxy groups -OCH3 is 1. The second-order valence-corrected chi connectivity index (χ2v) is 5.97. The standard InChI is InChI=1S/C19H17ClN2O6/c1-12(28-18(23)10-7-13-5-3-4-6-15(13)20)19(24)21-16-11-14(22(25)26)8-9-17(16)27-2/h3-12H,1-2H3,(H,21,24)/b10-7+/t12-/m1/s1. The van der Waals surface area contributed by atoms with Crippen LogP contribution >= 0.6 is 11.6 Å². The van der Waals surface area contributed by atoms with Gasteiger partial charge in [-0.05, 0) is 30.7 Å². The van der Waals surface area contributed by atoms with Crippen LogP contribution < -0.4 is 10.1 Å². The van der Waals surface area contributed by atoms with Crippen molar-refractivity contribution in [3.63, 3.8) is 0 Å². The summed E-state index contributed by atoms with van der Waals surface area (Å²) in [5, 5.41) is 13.8. The highest BCUT2D eigenvalue weighted by molar-refractivity contribution is 6.32. The molecule has 0 bridgehead atoms. The Morgan fingerprint density at radius 2 is 1.96 bits per heavy atom. The minimum atomic E-state index is -1.15. The van der Waals surface area contributed by atoms with Crippen molar-refractivity contribution in [1.29, 1.82) is 0 Å². The zero-order chi connectivity index (χ0) is 20.7. The maximum Gasteiger partial charge on any atom is 0.331 e. The fourth-order valence-corrected chi connectivity index (χ4v) is 2.38. The van der Waals surface area contributed by atoms with Gasteiger partial charge < -0.3 is 14.8 Å². The van der Waals surface area contributed by atoms with Gasteiger partial charge in [0.05, 0.1) is 17.7 Å². The van der Waals surface area contributed by atoms with Gasteiger partial charge in [-0.25, -0.2) is 4.79 Å². The molecule has 0 aromatic heterocycles. The van der Waals surface area contributed by atoms with Gasteiger partial charge in [0.2, 0.25) is 0 Å². The van der Waals surface area contributed by atoms with Crippen LogP contribution in [0.5, 0.6) is 5.75 Å². The quantitative estimate of drug-likeness (QED) is 0.325. The molecule has 0 aliphatic heterocycles. The first-order chi connectivity index (χ1) is 13.3. The topological polar surface area (TPSA) is 108 Å². The molecule has 0 heterocycles. The van der Waals surface area contributed by atoms with E-state index in [-0.39, 0.29) is 17.1 Å². The zero-order valence-electron chi connectivity index (χ0n) is 15.0. The highest BCUT2D eigenvalue weighted by Crippen LogP contribution is 2.29. The molecular weight excluding hydrogens is 388 g/mol. The van der Waals surface area contributed by atoms with Crippen LogP contribution in [0.1, 0.15) is 12.5 Å². The van der Waals surface area contributed by atoms with E-state index in [1.807, 2.05) is 0 Å². The number of halogens is 1. The van der Waals surface area contributed by atoms with E-state index in [0.717, 1.165) is 12.1 Å². The summed E-state index contributed by atoms with van der Waals surface area (Å²) < 4.78 is 10.1. The number of hydrogen-bond acceptors (Lipinski definition) is 6. The number of esters is 1. The Morgan fingerprint density at radius 1 is 1.25 bits per heavy atom. The first-order valence-corrected chi connectivity index (χ1v) is 8.46. The molecule has 28 heavy (non-hydrogen) atoms. The molecule has 0 unspecified atom stereocenters. The van der Waals surface area contributed by atoms with E-state index in [1.165, 1.54) is 32.2 Å². The lowest BCUT2D eigenvalue weighted by molar-refractivity contribution is -0.384. The van der Waals surface area contributed by atoms with Crippen molar-refractivity contribution >= 4 is 40.9 Å². The van der Waals surface area contributed by atoms with Crippen LogP contribution in [0.3, 0.4) is 0 Å². The smallest absolute Gasteiger partial charge is 0.331 e. The van der Waals surface area contributed by atoms with Crippen LogP contribution in [0.15, 0.2) is 48.5 Å². The Balaban J connectivity index is 2.03. The highest BCUT2D eigenvalue weighted by Gasteiger charge is 2.20. The average molecular weight is 405 g/mol. The van der Waals surface area contributed by atoms with Crippen molar-refractivity contribution in [2.75, 3.05) is 12.4 Å². The minimum absolute atomic E-state index is 0.0937. The van der Waals surface area contributed by atoms with E-state index < -0.39 is 22.9 Å². The van der Waals surface area contributed by atoms with E-state index in [2.05, 4.69) is 5.32 Å². The number of carbonyl (C=O) groups is 2. The number of nitrogens with one attached hydrogen (secondary N) is 1. The number of amides is 1. The maximum atomic E-state index is 12.3. The van der Waals surface area contributed by atoms with Gasteiger partial charge in [0.25, 0.3) is 11.6 Å². The summed E-state index contributed by atoms with van der Waals surface area (Å²) >= 11 is 5.99. The fourth-order valence-electron chi connectivity index (χ4n) is 2.18. The molecule has 2 rings (SSSR count). The summed E-state index contributed by atoms with van der Waals surface area (Å²) in [6, 6.07) is 10.7. The fraction of sp³-hybridized carbons (Fsp3) is 0.158. The number of nitro benzene ring substituents is 1. The normalized spacial score (nSPS) is 11.7. The number of nitro groups is 1. The Morgan fingerprint density at radius 3 is 2.61 bits per heavy atom. The first-order valence-electron chi connectivity index (χ1n) is 8.08. The van der Waals surface area contributed by atoms with Gasteiger partial charge in [0.1, 0.15) is 5.75 Å². The summed E-state index contributed by atoms with van der Waals surface area (Å²) in [6.07, 6.45) is 1.48. The Bertz CT molecular complexity index is 928. The average Bonchev–Trinajstić information content (AvgIpc) is 2.67. The van der Waals surface area contributed by atoms with Crippen molar-refractivity contribution in [3.8, 4) is 5.75 Å². The van der Waals surface area contributed by atoms with Crippen LogP contribution in [0.4, 0.5) is 11.4 Å². The van der Waals surface area contributed by atoms with Gasteiger partial charge in [-0.1, -0.05) is 29.8 Å². The SMILES string of the molecule is COc1ccc([N+](=O)[O-])cc1NC(=O)[C@@H](C)OC(=O)/C=C/c1ccccc1Cl. The summed E-state index contributed by atoms with van der Waals surface area (Å²) in [5.74, 6) is -1.18. The zero-order valence-corrected chi connectivity index (χ0v) is 15.8. The third-order valence-corrected chi connectivity index (χ3v) is 3.96. The van der Waals surface area contributed by atoms with Gasteiger partial charge >= 0.3 is 5.97 Å². The molecule has 8 nitrogen and oxygen atoms in total. The lowest BCUT2D eigenvalue weighted by Gasteiger charge is -2.14. The first kappa shape index (κ1) is 20.9. The molecule has 0 saturated carbocycles. The molecule has 0 aliphatic carbocycles. The molecule has 0 radical (unpaired) electrons. The van der Waals surface area contributed by atoms with Crippen LogP contribution in [0.25, 0.3) is 6.08 Å². The molecule has 0 aliphatic rings. The number of carbonyl (C=O) groups excluding carboxylic acids is 2. The van der Waals surface area contributed by atoms with E-state index in [9.17, 15) is 19.7 Å². The molecule has 0 fully saturated rings. The molecule has 1 N–H and O–H groups in total. The highest BCUT2D eigenvalue weighted by atomic mass is 35.5. The Labute approximate surface area is 165 Å². The number of ether oxygens (including phenoxy) is 2. The van der Waals surface area contributed by atoms with Crippen molar-refractivity contribution in [3.05, 3.63) is 69.2 Å². The van der Waals surface area contributed by atoms with Gasteiger partial charge in [0, 0.05) is 23.2 Å².